The molecule has 2 atom stereocenters. The van der Waals surface area contributed by atoms with Crippen LogP contribution in [-0.2, 0) is 4.74 Å². The molecule has 4 nitrogen and oxygen atoms in total. The molecule has 96 valence electrons. The predicted molar refractivity (Wildman–Crippen MR) is 67.9 cm³/mol. The second-order valence-electron chi connectivity index (χ2n) is 4.22. The van der Waals surface area contributed by atoms with Crippen LogP contribution in [0.2, 0.25) is 0 Å². The second kappa shape index (κ2) is 7.37. The summed E-state index contributed by atoms with van der Waals surface area (Å²) in [5, 5.41) is 9.32. The second-order valence-corrected chi connectivity index (χ2v) is 4.22. The van der Waals surface area contributed by atoms with Gasteiger partial charge >= 0.3 is 0 Å². The molecule has 1 aromatic rings. The Morgan fingerprint density at radius 1 is 1.53 bits per heavy atom. The molecule has 1 saturated heterocycles. The minimum atomic E-state index is -0.287. The summed E-state index contributed by atoms with van der Waals surface area (Å²) in [5.41, 5.74) is 1.21. The maximum Gasteiger partial charge on any atom is 0.0969 e. The van der Waals surface area contributed by atoms with Gasteiger partial charge in [-0.2, -0.15) is 0 Å². The van der Waals surface area contributed by atoms with Crippen molar-refractivity contribution in [3.63, 3.8) is 0 Å². The van der Waals surface area contributed by atoms with Gasteiger partial charge in [-0.15, -0.1) is 0 Å². The van der Waals surface area contributed by atoms with Gasteiger partial charge in [-0.05, 0) is 25.1 Å². The first kappa shape index (κ1) is 14.1. The predicted octanol–water partition coefficient (Wildman–Crippen LogP) is 1.09. The van der Waals surface area contributed by atoms with Gasteiger partial charge in [-0.25, -0.2) is 0 Å². The molecule has 1 aliphatic rings. The Hall–Kier alpha value is -0.970. The fraction of sp³-hybridized carbons (Fsp3) is 0.615. The van der Waals surface area contributed by atoms with Gasteiger partial charge in [-0.3, -0.25) is 9.88 Å². The summed E-state index contributed by atoms with van der Waals surface area (Å²) >= 11 is 0. The van der Waals surface area contributed by atoms with Crippen LogP contribution < -0.4 is 0 Å². The number of likely N-dealkylation sites (tertiary alicyclic amines) is 1. The maximum atomic E-state index is 9.32. The number of methoxy groups -OCH3 is 1. The van der Waals surface area contributed by atoms with Crippen molar-refractivity contribution >= 4 is 0 Å². The van der Waals surface area contributed by atoms with Crippen LogP contribution >= 0.6 is 0 Å². The fourth-order valence-electron chi connectivity index (χ4n) is 1.77. The molecule has 0 spiro atoms. The molecule has 0 radical (unpaired) electrons. The lowest BCUT2D eigenvalue weighted by atomic mass is 10.3. The van der Waals surface area contributed by atoms with Gasteiger partial charge in [0.05, 0.1) is 12.2 Å². The molecule has 2 rings (SSSR count). The van der Waals surface area contributed by atoms with E-state index in [1.54, 1.807) is 13.3 Å². The molecule has 1 aromatic heterocycles. The number of pyridine rings is 1. The Balaban J connectivity index is 0.000000181. The number of rotatable bonds is 2. The monoisotopic (exact) mass is 238 g/mol. The van der Waals surface area contributed by atoms with Crippen LogP contribution in [0.25, 0.3) is 0 Å². The van der Waals surface area contributed by atoms with Crippen molar-refractivity contribution < 1.29 is 9.84 Å². The van der Waals surface area contributed by atoms with Crippen molar-refractivity contribution in [2.24, 2.45) is 0 Å². The van der Waals surface area contributed by atoms with Crippen LogP contribution in [0.3, 0.4) is 0 Å². The van der Waals surface area contributed by atoms with E-state index in [2.05, 4.69) is 16.8 Å². The lowest BCUT2D eigenvalue weighted by Gasteiger charge is -2.10. The SMILES string of the molecule is CCN1CC(O)C(OC)C1.Cc1cccnc1. The summed E-state index contributed by atoms with van der Waals surface area (Å²) in [6.07, 6.45) is 3.34. The standard InChI is InChI=1S/C7H15NO2.C6H7N/c1-3-8-4-6(9)7(5-8)10-2;1-6-3-2-4-7-5-6/h6-7,9H,3-5H2,1-2H3;2-5H,1H3. The number of aliphatic hydroxyl groups is 1. The molecule has 0 amide bonds. The Morgan fingerprint density at radius 3 is 2.59 bits per heavy atom. The third-order valence-electron chi connectivity index (χ3n) is 2.87. The van der Waals surface area contributed by atoms with E-state index < -0.39 is 0 Å². The molecular formula is C13H22N2O2. The van der Waals surface area contributed by atoms with Crippen molar-refractivity contribution in [1.29, 1.82) is 0 Å². The lowest BCUT2D eigenvalue weighted by molar-refractivity contribution is 0.0215. The van der Waals surface area contributed by atoms with Crippen molar-refractivity contribution in [3.8, 4) is 0 Å². The van der Waals surface area contributed by atoms with E-state index in [4.69, 9.17) is 4.74 Å². The Kier molecular flexibility index (Phi) is 6.11. The van der Waals surface area contributed by atoms with E-state index in [0.717, 1.165) is 19.6 Å². The third kappa shape index (κ3) is 4.81. The van der Waals surface area contributed by atoms with Crippen molar-refractivity contribution in [1.82, 2.24) is 9.88 Å². The smallest absolute Gasteiger partial charge is 0.0969 e. The zero-order valence-corrected chi connectivity index (χ0v) is 10.8. The zero-order chi connectivity index (χ0) is 12.7. The van der Waals surface area contributed by atoms with Crippen LogP contribution in [0.1, 0.15) is 12.5 Å². The number of hydrogen-bond acceptors (Lipinski definition) is 4. The number of β-amino-alcohol motifs (C(OH)–C–C–N with tert-alkyl or cyclic N) is 1. The van der Waals surface area contributed by atoms with Crippen LogP contribution in [0, 0.1) is 6.92 Å². The summed E-state index contributed by atoms with van der Waals surface area (Å²) in [7, 11) is 1.65. The highest BCUT2D eigenvalue weighted by atomic mass is 16.5. The van der Waals surface area contributed by atoms with Crippen LogP contribution in [0.4, 0.5) is 0 Å². The molecule has 1 fully saturated rings. The van der Waals surface area contributed by atoms with E-state index in [0.29, 0.717) is 0 Å². The molecule has 0 bridgehead atoms. The molecule has 1 N–H and O–H groups in total. The minimum Gasteiger partial charge on any atom is -0.389 e. The van der Waals surface area contributed by atoms with Crippen LogP contribution in [0.15, 0.2) is 24.5 Å². The van der Waals surface area contributed by atoms with E-state index in [1.165, 1.54) is 5.56 Å². The average Bonchev–Trinajstić information content (AvgIpc) is 2.72. The molecule has 0 aliphatic carbocycles. The summed E-state index contributed by atoms with van der Waals surface area (Å²) in [5.74, 6) is 0. The number of likely N-dealkylation sites (N-methyl/N-ethyl adjacent to an activating group) is 1. The minimum absolute atomic E-state index is 0.0277. The van der Waals surface area contributed by atoms with Crippen molar-refractivity contribution in [2.75, 3.05) is 26.7 Å². The molecule has 1 aliphatic heterocycles. The molecule has 0 aromatic carbocycles. The van der Waals surface area contributed by atoms with Gasteiger partial charge in [0.2, 0.25) is 0 Å². The van der Waals surface area contributed by atoms with Gasteiger partial charge in [0, 0.05) is 32.6 Å². The first-order chi connectivity index (χ1) is 8.17. The van der Waals surface area contributed by atoms with E-state index >= 15 is 0 Å². The molecule has 17 heavy (non-hydrogen) atoms. The van der Waals surface area contributed by atoms with Gasteiger partial charge in [0.1, 0.15) is 0 Å². The number of ether oxygens (including phenoxy) is 1. The van der Waals surface area contributed by atoms with E-state index in [1.807, 2.05) is 25.3 Å². The summed E-state index contributed by atoms with van der Waals surface area (Å²) < 4.78 is 5.06. The number of aryl methyl sites for hydroxylation is 1. The number of aliphatic hydroxyl groups excluding tert-OH is 1. The highest BCUT2D eigenvalue weighted by Gasteiger charge is 2.29. The topological polar surface area (TPSA) is 45.6 Å². The molecule has 0 saturated carbocycles. The van der Waals surface area contributed by atoms with E-state index in [-0.39, 0.29) is 12.2 Å². The highest BCUT2D eigenvalue weighted by molar-refractivity contribution is 5.04. The van der Waals surface area contributed by atoms with Crippen LogP contribution in [-0.4, -0.2) is 53.9 Å². The number of nitrogens with zero attached hydrogens (tertiary/aromatic N) is 2. The summed E-state index contributed by atoms with van der Waals surface area (Å²) in [6.45, 7) is 6.73. The summed E-state index contributed by atoms with van der Waals surface area (Å²) in [6, 6.07) is 3.95. The van der Waals surface area contributed by atoms with Crippen molar-refractivity contribution in [3.05, 3.63) is 30.1 Å². The quantitative estimate of drug-likeness (QED) is 0.837. The first-order valence-corrected chi connectivity index (χ1v) is 5.97. The van der Waals surface area contributed by atoms with Gasteiger partial charge in [0.15, 0.2) is 0 Å². The van der Waals surface area contributed by atoms with Gasteiger partial charge < -0.3 is 9.84 Å². The maximum absolute atomic E-state index is 9.32. The molecule has 2 unspecified atom stereocenters. The van der Waals surface area contributed by atoms with Gasteiger partial charge in [0.25, 0.3) is 0 Å². The van der Waals surface area contributed by atoms with E-state index in [9.17, 15) is 5.11 Å². The summed E-state index contributed by atoms with van der Waals surface area (Å²) in [4.78, 5) is 6.06. The number of aromatic nitrogens is 1. The fourth-order valence-corrected chi connectivity index (χ4v) is 1.77. The first-order valence-electron chi connectivity index (χ1n) is 5.97. The molecular weight excluding hydrogens is 216 g/mol. The molecule has 2 heterocycles. The Bertz CT molecular complexity index is 306. The Labute approximate surface area is 103 Å². The average molecular weight is 238 g/mol. The molecule has 4 heteroatoms. The van der Waals surface area contributed by atoms with Crippen LogP contribution in [0.5, 0.6) is 0 Å². The van der Waals surface area contributed by atoms with Crippen molar-refractivity contribution in [2.45, 2.75) is 26.1 Å². The Morgan fingerprint density at radius 2 is 2.29 bits per heavy atom. The highest BCUT2D eigenvalue weighted by Crippen LogP contribution is 2.11. The largest absolute Gasteiger partial charge is 0.389 e. The third-order valence-corrected chi connectivity index (χ3v) is 2.87. The van der Waals surface area contributed by atoms with Gasteiger partial charge in [-0.1, -0.05) is 13.0 Å². The zero-order valence-electron chi connectivity index (χ0n) is 10.8. The lowest BCUT2D eigenvalue weighted by Crippen LogP contribution is -2.25. The number of hydrogen-bond donors (Lipinski definition) is 1. The normalized spacial score (nSPS) is 24.2.